The molecule has 1 N–H and O–H groups in total. The van der Waals surface area contributed by atoms with E-state index in [1.807, 2.05) is 4.90 Å². The lowest BCUT2D eigenvalue weighted by Gasteiger charge is -2.20. The zero-order valence-electron chi connectivity index (χ0n) is 15.2. The van der Waals surface area contributed by atoms with Gasteiger partial charge in [0.1, 0.15) is 5.75 Å². The van der Waals surface area contributed by atoms with Gasteiger partial charge in [-0.2, -0.15) is 0 Å². The molecule has 6 nitrogen and oxygen atoms in total. The normalized spacial score (nSPS) is 19.3. The van der Waals surface area contributed by atoms with Crippen molar-refractivity contribution in [2.45, 2.75) is 62.3 Å². The van der Waals surface area contributed by atoms with Crippen LogP contribution in [0.5, 0.6) is 5.75 Å². The molecule has 0 bridgehead atoms. The first kappa shape index (κ1) is 19.2. The van der Waals surface area contributed by atoms with Crippen LogP contribution in [0.1, 0.15) is 51.4 Å². The van der Waals surface area contributed by atoms with Gasteiger partial charge >= 0.3 is 0 Å². The summed E-state index contributed by atoms with van der Waals surface area (Å²) in [6.07, 6.45) is 8.40. The van der Waals surface area contributed by atoms with E-state index < -0.39 is 10.0 Å². The SMILES string of the molecule is O=C(COc1ccc(S(=O)(=O)NC2CCCC2)cc1)N1CCCCCC1. The van der Waals surface area contributed by atoms with Crippen molar-refractivity contribution in [2.24, 2.45) is 0 Å². The maximum Gasteiger partial charge on any atom is 0.260 e. The summed E-state index contributed by atoms with van der Waals surface area (Å²) in [6, 6.07) is 6.33. The lowest BCUT2D eigenvalue weighted by atomic mass is 10.2. The Morgan fingerprint density at radius 2 is 1.62 bits per heavy atom. The van der Waals surface area contributed by atoms with Crippen molar-refractivity contribution in [3.05, 3.63) is 24.3 Å². The third kappa shape index (κ3) is 5.20. The van der Waals surface area contributed by atoms with Crippen molar-refractivity contribution >= 4 is 15.9 Å². The third-order valence-corrected chi connectivity index (χ3v) is 6.67. The highest BCUT2D eigenvalue weighted by molar-refractivity contribution is 7.89. The van der Waals surface area contributed by atoms with Crippen molar-refractivity contribution < 1.29 is 17.9 Å². The number of rotatable bonds is 6. The number of benzene rings is 1. The van der Waals surface area contributed by atoms with E-state index >= 15 is 0 Å². The summed E-state index contributed by atoms with van der Waals surface area (Å²) in [5, 5.41) is 0. The first-order valence-corrected chi connectivity index (χ1v) is 11.1. The number of nitrogens with one attached hydrogen (secondary N) is 1. The van der Waals surface area contributed by atoms with Crippen LogP contribution >= 0.6 is 0 Å². The number of likely N-dealkylation sites (tertiary alicyclic amines) is 1. The van der Waals surface area contributed by atoms with E-state index in [1.165, 1.54) is 25.0 Å². The minimum absolute atomic E-state index is 0.00752. The maximum atomic E-state index is 12.4. The molecular formula is C19H28N2O4S. The van der Waals surface area contributed by atoms with Crippen molar-refractivity contribution in [1.82, 2.24) is 9.62 Å². The van der Waals surface area contributed by atoms with Crippen molar-refractivity contribution in [1.29, 1.82) is 0 Å². The van der Waals surface area contributed by atoms with Crippen LogP contribution in [0.25, 0.3) is 0 Å². The Morgan fingerprint density at radius 1 is 1.00 bits per heavy atom. The number of hydrogen-bond acceptors (Lipinski definition) is 4. The van der Waals surface area contributed by atoms with Gasteiger partial charge in [-0.25, -0.2) is 13.1 Å². The second-order valence-corrected chi connectivity index (χ2v) is 8.87. The third-order valence-electron chi connectivity index (χ3n) is 5.13. The molecule has 7 heteroatoms. The number of ether oxygens (including phenoxy) is 1. The van der Waals surface area contributed by atoms with Crippen LogP contribution in [0.4, 0.5) is 0 Å². The maximum absolute atomic E-state index is 12.4. The van der Waals surface area contributed by atoms with Gasteiger partial charge < -0.3 is 9.64 Å². The number of carbonyl (C=O) groups is 1. The van der Waals surface area contributed by atoms with Crippen molar-refractivity contribution in [3.63, 3.8) is 0 Å². The molecule has 0 atom stereocenters. The summed E-state index contributed by atoms with van der Waals surface area (Å²) in [7, 11) is -3.49. The summed E-state index contributed by atoms with van der Waals surface area (Å²) in [5.74, 6) is 0.500. The fourth-order valence-electron chi connectivity index (χ4n) is 3.60. The molecule has 0 spiro atoms. The van der Waals surface area contributed by atoms with Gasteiger partial charge in [0.05, 0.1) is 4.90 Å². The first-order valence-electron chi connectivity index (χ1n) is 9.57. The summed E-state index contributed by atoms with van der Waals surface area (Å²) in [4.78, 5) is 14.3. The molecule has 144 valence electrons. The molecule has 2 aliphatic rings. The smallest absolute Gasteiger partial charge is 0.260 e. The van der Waals surface area contributed by atoms with Gasteiger partial charge in [0.15, 0.2) is 6.61 Å². The Balaban J connectivity index is 1.53. The van der Waals surface area contributed by atoms with Gasteiger partial charge in [-0.15, -0.1) is 0 Å². The molecule has 1 aromatic carbocycles. The van der Waals surface area contributed by atoms with Gasteiger partial charge in [-0.3, -0.25) is 4.79 Å². The molecule has 3 rings (SSSR count). The molecule has 1 aliphatic carbocycles. The van der Waals surface area contributed by atoms with Gasteiger partial charge in [-0.1, -0.05) is 25.7 Å². The summed E-state index contributed by atoms with van der Waals surface area (Å²) < 4.78 is 33.1. The average molecular weight is 381 g/mol. The number of hydrogen-bond donors (Lipinski definition) is 1. The standard InChI is InChI=1S/C19H28N2O4S/c22-19(21-13-5-1-2-6-14-21)15-25-17-9-11-18(12-10-17)26(23,24)20-16-7-3-4-8-16/h9-12,16,20H,1-8,13-15H2. The van der Waals surface area contributed by atoms with E-state index in [0.29, 0.717) is 5.75 Å². The Morgan fingerprint density at radius 3 is 2.23 bits per heavy atom. The minimum Gasteiger partial charge on any atom is -0.484 e. The molecule has 0 unspecified atom stereocenters. The van der Waals surface area contributed by atoms with E-state index in [-0.39, 0.29) is 23.5 Å². The van der Waals surface area contributed by atoms with Crippen LogP contribution in [-0.4, -0.2) is 45.0 Å². The fourth-order valence-corrected chi connectivity index (χ4v) is 4.91. The van der Waals surface area contributed by atoms with Crippen LogP contribution in [0, 0.1) is 0 Å². The van der Waals surface area contributed by atoms with Gasteiger partial charge in [0.2, 0.25) is 10.0 Å². The van der Waals surface area contributed by atoms with Crippen LogP contribution in [0.3, 0.4) is 0 Å². The summed E-state index contributed by atoms with van der Waals surface area (Å²) >= 11 is 0. The second kappa shape index (κ2) is 8.86. The highest BCUT2D eigenvalue weighted by atomic mass is 32.2. The first-order chi connectivity index (χ1) is 12.5. The predicted octanol–water partition coefficient (Wildman–Crippen LogP) is 2.69. The summed E-state index contributed by atoms with van der Waals surface area (Å²) in [5.41, 5.74) is 0. The molecule has 1 heterocycles. The molecule has 0 aromatic heterocycles. The van der Waals surface area contributed by atoms with E-state index in [2.05, 4.69) is 4.72 Å². The number of nitrogens with zero attached hydrogens (tertiary/aromatic N) is 1. The molecule has 26 heavy (non-hydrogen) atoms. The van der Waals surface area contributed by atoms with Gasteiger partial charge in [0.25, 0.3) is 5.91 Å². The molecule has 1 aromatic rings. The largest absolute Gasteiger partial charge is 0.484 e. The molecule has 1 aliphatic heterocycles. The number of carbonyl (C=O) groups excluding carboxylic acids is 1. The number of amides is 1. The lowest BCUT2D eigenvalue weighted by Crippen LogP contribution is -2.35. The zero-order valence-corrected chi connectivity index (χ0v) is 16.0. The number of sulfonamides is 1. The van der Waals surface area contributed by atoms with E-state index in [1.54, 1.807) is 12.1 Å². The zero-order chi connectivity index (χ0) is 18.4. The van der Waals surface area contributed by atoms with Crippen LogP contribution in [0.2, 0.25) is 0 Å². The molecule has 1 saturated heterocycles. The van der Waals surface area contributed by atoms with E-state index in [4.69, 9.17) is 4.74 Å². The van der Waals surface area contributed by atoms with Crippen molar-refractivity contribution in [2.75, 3.05) is 19.7 Å². The van der Waals surface area contributed by atoms with Gasteiger partial charge in [-0.05, 0) is 49.9 Å². The van der Waals surface area contributed by atoms with E-state index in [9.17, 15) is 13.2 Å². The Bertz CT molecular complexity index is 689. The molecule has 0 radical (unpaired) electrons. The van der Waals surface area contributed by atoms with E-state index in [0.717, 1.165) is 51.6 Å². The molecule has 1 saturated carbocycles. The monoisotopic (exact) mass is 380 g/mol. The highest BCUT2D eigenvalue weighted by Gasteiger charge is 2.23. The molecule has 1 amide bonds. The topological polar surface area (TPSA) is 75.7 Å². The molecular weight excluding hydrogens is 352 g/mol. The average Bonchev–Trinajstić information content (AvgIpc) is 2.98. The van der Waals surface area contributed by atoms with Crippen LogP contribution in [0.15, 0.2) is 29.2 Å². The Labute approximate surface area is 156 Å². The predicted molar refractivity (Wildman–Crippen MR) is 99.6 cm³/mol. The summed E-state index contributed by atoms with van der Waals surface area (Å²) in [6.45, 7) is 1.59. The van der Waals surface area contributed by atoms with Crippen LogP contribution < -0.4 is 9.46 Å². The fraction of sp³-hybridized carbons (Fsp3) is 0.632. The quantitative estimate of drug-likeness (QED) is 0.823. The minimum atomic E-state index is -3.49. The Hall–Kier alpha value is -1.60. The van der Waals surface area contributed by atoms with Crippen molar-refractivity contribution in [3.8, 4) is 5.75 Å². The van der Waals surface area contributed by atoms with Gasteiger partial charge in [0, 0.05) is 19.1 Å². The Kier molecular flexibility index (Phi) is 6.53. The second-order valence-electron chi connectivity index (χ2n) is 7.16. The lowest BCUT2D eigenvalue weighted by molar-refractivity contribution is -0.133. The van der Waals surface area contributed by atoms with Crippen LogP contribution in [-0.2, 0) is 14.8 Å². The highest BCUT2D eigenvalue weighted by Crippen LogP contribution is 2.21. The molecule has 2 fully saturated rings.